The first-order valence-electron chi connectivity index (χ1n) is 8.93. The highest BCUT2D eigenvalue weighted by molar-refractivity contribution is 6.30. The molecule has 3 atom stereocenters. The number of hydrogen-bond donors (Lipinski definition) is 0. The van der Waals surface area contributed by atoms with Crippen molar-refractivity contribution in [3.05, 3.63) is 65.2 Å². The van der Waals surface area contributed by atoms with Crippen LogP contribution in [0, 0.1) is 11.8 Å². The first-order valence-corrected chi connectivity index (χ1v) is 9.30. The van der Waals surface area contributed by atoms with E-state index in [-0.39, 0.29) is 17.8 Å². The van der Waals surface area contributed by atoms with E-state index in [9.17, 15) is 4.79 Å². The van der Waals surface area contributed by atoms with Crippen molar-refractivity contribution >= 4 is 23.3 Å². The normalized spacial score (nSPS) is 25.0. The number of anilines is 1. The summed E-state index contributed by atoms with van der Waals surface area (Å²) in [7, 11) is 0. The lowest BCUT2D eigenvalue weighted by Crippen LogP contribution is -2.22. The molecule has 2 aliphatic rings. The van der Waals surface area contributed by atoms with Crippen molar-refractivity contribution < 1.29 is 9.53 Å². The van der Waals surface area contributed by atoms with Crippen molar-refractivity contribution in [2.24, 2.45) is 11.8 Å². The summed E-state index contributed by atoms with van der Waals surface area (Å²) < 4.78 is 5.62. The number of hydrogen-bond acceptors (Lipinski definition) is 3. The van der Waals surface area contributed by atoms with Gasteiger partial charge < -0.3 is 9.64 Å². The Morgan fingerprint density at radius 3 is 2.80 bits per heavy atom. The highest BCUT2D eigenvalue weighted by atomic mass is 35.5. The summed E-state index contributed by atoms with van der Waals surface area (Å²) in [6.45, 7) is 2.52. The fourth-order valence-electron chi connectivity index (χ4n) is 3.71. The minimum absolute atomic E-state index is 0.00472. The Morgan fingerprint density at radius 1 is 1.16 bits per heavy atom. The zero-order valence-corrected chi connectivity index (χ0v) is 14.9. The van der Waals surface area contributed by atoms with E-state index in [0.29, 0.717) is 12.5 Å². The second kappa shape index (κ2) is 7.09. The van der Waals surface area contributed by atoms with Crippen LogP contribution in [-0.4, -0.2) is 25.7 Å². The molecule has 4 rings (SSSR count). The predicted octanol–water partition coefficient (Wildman–Crippen LogP) is 4.51. The molecule has 0 radical (unpaired) electrons. The highest BCUT2D eigenvalue weighted by Gasteiger charge is 2.45. The Morgan fingerprint density at radius 2 is 2.00 bits per heavy atom. The number of halogens is 1. The van der Waals surface area contributed by atoms with Crippen molar-refractivity contribution in [3.8, 4) is 0 Å². The van der Waals surface area contributed by atoms with Crippen molar-refractivity contribution in [2.75, 3.05) is 24.6 Å². The molecular formula is C21H22ClNO2. The molecule has 130 valence electrons. The summed E-state index contributed by atoms with van der Waals surface area (Å²) >= 11 is 6.03. The first kappa shape index (κ1) is 16.5. The van der Waals surface area contributed by atoms with Crippen LogP contribution in [0.4, 0.5) is 5.69 Å². The van der Waals surface area contributed by atoms with Gasteiger partial charge in [0.05, 0.1) is 12.5 Å². The molecule has 0 bridgehead atoms. The van der Waals surface area contributed by atoms with E-state index in [1.165, 1.54) is 5.69 Å². The van der Waals surface area contributed by atoms with Gasteiger partial charge in [-0.25, -0.2) is 0 Å². The average Bonchev–Trinajstić information content (AvgIpc) is 3.31. The van der Waals surface area contributed by atoms with Crippen LogP contribution in [-0.2, 0) is 9.53 Å². The highest BCUT2D eigenvalue weighted by Crippen LogP contribution is 2.48. The van der Waals surface area contributed by atoms with Crippen LogP contribution in [0.5, 0.6) is 0 Å². The van der Waals surface area contributed by atoms with E-state index in [2.05, 4.69) is 29.2 Å². The smallest absolute Gasteiger partial charge is 0.309 e. The van der Waals surface area contributed by atoms with Gasteiger partial charge in [-0.2, -0.15) is 0 Å². The van der Waals surface area contributed by atoms with E-state index in [0.717, 1.165) is 36.5 Å². The summed E-state index contributed by atoms with van der Waals surface area (Å²) in [5.41, 5.74) is 2.39. The van der Waals surface area contributed by atoms with Crippen LogP contribution in [0.15, 0.2) is 54.6 Å². The van der Waals surface area contributed by atoms with Crippen molar-refractivity contribution in [3.63, 3.8) is 0 Å². The number of carbonyl (C=O) groups excluding carboxylic acids is 1. The van der Waals surface area contributed by atoms with Gasteiger partial charge in [-0.3, -0.25) is 4.79 Å². The largest absolute Gasteiger partial charge is 0.465 e. The summed E-state index contributed by atoms with van der Waals surface area (Å²) in [5, 5.41) is 0.725. The molecule has 2 aromatic carbocycles. The number of nitrogens with zero attached hydrogens (tertiary/aromatic N) is 1. The second-order valence-electron chi connectivity index (χ2n) is 7.07. The van der Waals surface area contributed by atoms with E-state index in [1.807, 2.05) is 30.3 Å². The molecule has 3 unspecified atom stereocenters. The number of carbonyl (C=O) groups is 1. The van der Waals surface area contributed by atoms with Crippen LogP contribution in [0.2, 0.25) is 5.02 Å². The summed E-state index contributed by atoms with van der Waals surface area (Å²) in [6, 6.07) is 18.2. The number of rotatable bonds is 5. The van der Waals surface area contributed by atoms with Crippen molar-refractivity contribution in [1.82, 2.24) is 0 Å². The number of benzene rings is 2. The van der Waals surface area contributed by atoms with Gasteiger partial charge in [-0.1, -0.05) is 41.9 Å². The van der Waals surface area contributed by atoms with Crippen LogP contribution in [0.25, 0.3) is 0 Å². The number of ether oxygens (including phenoxy) is 1. The minimum Gasteiger partial charge on any atom is -0.465 e. The molecule has 2 fully saturated rings. The third-order valence-electron chi connectivity index (χ3n) is 5.24. The molecule has 1 saturated heterocycles. The average molecular weight is 356 g/mol. The Labute approximate surface area is 153 Å². The molecule has 1 aliphatic heterocycles. The SMILES string of the molecule is O=C(OCC1CCN(c2ccccc2)C1)C1CC1c1cccc(Cl)c1. The molecule has 25 heavy (non-hydrogen) atoms. The Balaban J connectivity index is 1.25. The summed E-state index contributed by atoms with van der Waals surface area (Å²) in [6.07, 6.45) is 1.95. The van der Waals surface area contributed by atoms with Gasteiger partial charge in [0.15, 0.2) is 0 Å². The predicted molar refractivity (Wildman–Crippen MR) is 100 cm³/mol. The molecule has 4 heteroatoms. The monoisotopic (exact) mass is 355 g/mol. The van der Waals surface area contributed by atoms with Crippen LogP contribution in [0.3, 0.4) is 0 Å². The lowest BCUT2D eigenvalue weighted by Gasteiger charge is -2.18. The molecule has 2 aromatic rings. The van der Waals surface area contributed by atoms with Crippen LogP contribution >= 0.6 is 11.6 Å². The van der Waals surface area contributed by atoms with E-state index in [1.54, 1.807) is 0 Å². The Kier molecular flexibility index (Phi) is 4.67. The first-order chi connectivity index (χ1) is 12.2. The van der Waals surface area contributed by atoms with Crippen LogP contribution in [0.1, 0.15) is 24.3 Å². The van der Waals surface area contributed by atoms with Gasteiger partial charge in [0.1, 0.15) is 0 Å². The van der Waals surface area contributed by atoms with Crippen LogP contribution < -0.4 is 4.90 Å². The molecule has 0 spiro atoms. The molecule has 3 nitrogen and oxygen atoms in total. The molecule has 1 aliphatic carbocycles. The lowest BCUT2D eigenvalue weighted by atomic mass is 10.1. The van der Waals surface area contributed by atoms with E-state index in [4.69, 9.17) is 16.3 Å². The van der Waals surface area contributed by atoms with Gasteiger partial charge in [0.2, 0.25) is 0 Å². The van der Waals surface area contributed by atoms with Gasteiger partial charge in [0.25, 0.3) is 0 Å². The fraction of sp³-hybridized carbons (Fsp3) is 0.381. The molecule has 1 heterocycles. The molecular weight excluding hydrogens is 334 g/mol. The summed E-state index contributed by atoms with van der Waals surface area (Å²) in [5.74, 6) is 0.649. The molecule has 0 N–H and O–H groups in total. The third-order valence-corrected chi connectivity index (χ3v) is 5.47. The lowest BCUT2D eigenvalue weighted by molar-refractivity contribution is -0.146. The van der Waals surface area contributed by atoms with Gasteiger partial charge in [-0.15, -0.1) is 0 Å². The van der Waals surface area contributed by atoms with Gasteiger partial charge >= 0.3 is 5.97 Å². The van der Waals surface area contributed by atoms with E-state index >= 15 is 0 Å². The quantitative estimate of drug-likeness (QED) is 0.739. The topological polar surface area (TPSA) is 29.5 Å². The number of esters is 1. The maximum Gasteiger partial charge on any atom is 0.309 e. The van der Waals surface area contributed by atoms with Gasteiger partial charge in [0, 0.05) is 29.7 Å². The zero-order valence-electron chi connectivity index (χ0n) is 14.1. The molecule has 0 amide bonds. The maximum absolute atomic E-state index is 12.3. The molecule has 0 aromatic heterocycles. The third kappa shape index (κ3) is 3.82. The van der Waals surface area contributed by atoms with Crippen molar-refractivity contribution in [1.29, 1.82) is 0 Å². The zero-order chi connectivity index (χ0) is 17.2. The number of para-hydroxylation sites is 1. The summed E-state index contributed by atoms with van der Waals surface area (Å²) in [4.78, 5) is 14.7. The van der Waals surface area contributed by atoms with E-state index < -0.39 is 0 Å². The van der Waals surface area contributed by atoms with Gasteiger partial charge in [-0.05, 0) is 48.6 Å². The standard InChI is InChI=1S/C21H22ClNO2/c22-17-6-4-5-16(11-17)19-12-20(19)21(24)25-14-15-9-10-23(13-15)18-7-2-1-3-8-18/h1-8,11,15,19-20H,9-10,12-14H2. The fourth-order valence-corrected chi connectivity index (χ4v) is 3.91. The molecule has 1 saturated carbocycles. The minimum atomic E-state index is -0.0527. The Bertz CT molecular complexity index is 749. The Hall–Kier alpha value is -2.00. The second-order valence-corrected chi connectivity index (χ2v) is 7.51. The van der Waals surface area contributed by atoms with Crippen molar-refractivity contribution in [2.45, 2.75) is 18.8 Å². The maximum atomic E-state index is 12.3.